The van der Waals surface area contributed by atoms with Crippen LogP contribution in [0.25, 0.3) is 0 Å². The van der Waals surface area contributed by atoms with Gasteiger partial charge in [0.25, 0.3) is 0 Å². The highest BCUT2D eigenvalue weighted by molar-refractivity contribution is 8.04. The molecule has 4 rings (SSSR count). The third kappa shape index (κ3) is 3.25. The number of anilines is 2. The zero-order valence-corrected chi connectivity index (χ0v) is 18.5. The van der Waals surface area contributed by atoms with Crippen molar-refractivity contribution in [1.82, 2.24) is 5.16 Å². The first-order valence-electron chi connectivity index (χ1n) is 9.68. The third-order valence-electron chi connectivity index (χ3n) is 5.38. The molecule has 2 unspecified atom stereocenters. The van der Waals surface area contributed by atoms with E-state index in [2.05, 4.69) is 55.1 Å². The van der Waals surface area contributed by atoms with E-state index in [4.69, 9.17) is 21.0 Å². The fraction of sp³-hybridized carbons (Fsp3) is 0.429. The predicted molar refractivity (Wildman–Crippen MR) is 120 cm³/mol. The van der Waals surface area contributed by atoms with Gasteiger partial charge in [0.1, 0.15) is 33.9 Å². The Morgan fingerprint density at radius 2 is 1.69 bits per heavy atom. The molecule has 0 spiro atoms. The normalized spacial score (nSPS) is 22.3. The lowest BCUT2D eigenvalue weighted by Crippen LogP contribution is -2.53. The molecule has 3 heterocycles. The van der Waals surface area contributed by atoms with Crippen LogP contribution in [0.4, 0.5) is 11.4 Å². The van der Waals surface area contributed by atoms with Gasteiger partial charge in [-0.1, -0.05) is 49.8 Å². The van der Waals surface area contributed by atoms with Crippen molar-refractivity contribution < 1.29 is 4.52 Å². The highest BCUT2D eigenvalue weighted by atomic mass is 32.2. The maximum absolute atomic E-state index is 6.79. The fourth-order valence-corrected chi connectivity index (χ4v) is 4.96. The van der Waals surface area contributed by atoms with Crippen LogP contribution >= 0.6 is 11.8 Å². The minimum Gasteiger partial charge on any atom is -0.359 e. The Balaban J connectivity index is 1.74. The number of nitrogens with two attached hydrogens (primary N) is 2. The van der Waals surface area contributed by atoms with Crippen molar-refractivity contribution in [2.24, 2.45) is 16.5 Å². The van der Waals surface area contributed by atoms with Gasteiger partial charge in [-0.2, -0.15) is 0 Å². The van der Waals surface area contributed by atoms with Gasteiger partial charge in [-0.15, -0.1) is 0 Å². The molecule has 2 aliphatic rings. The van der Waals surface area contributed by atoms with E-state index < -0.39 is 6.17 Å². The number of aryl methyl sites for hydroxylation is 2. The summed E-state index contributed by atoms with van der Waals surface area (Å²) in [4.78, 5) is 8.89. The average molecular weight is 413 g/mol. The van der Waals surface area contributed by atoms with Crippen molar-refractivity contribution in [3.05, 3.63) is 52.0 Å². The summed E-state index contributed by atoms with van der Waals surface area (Å²) in [5.41, 5.74) is 17.8. The molecule has 0 aliphatic carbocycles. The van der Waals surface area contributed by atoms with Crippen LogP contribution in [0.1, 0.15) is 44.7 Å². The van der Waals surface area contributed by atoms with Crippen molar-refractivity contribution in [3.8, 4) is 0 Å². The summed E-state index contributed by atoms with van der Waals surface area (Å²) in [7, 11) is 0. The number of nitrogens with zero attached hydrogens (tertiary/aromatic N) is 4. The first kappa shape index (κ1) is 20.0. The van der Waals surface area contributed by atoms with E-state index in [0.717, 1.165) is 33.6 Å². The lowest BCUT2D eigenvalue weighted by atomic mass is 9.87. The lowest BCUT2D eigenvalue weighted by molar-refractivity contribution is 0.393. The van der Waals surface area contributed by atoms with E-state index >= 15 is 0 Å². The second-order valence-corrected chi connectivity index (χ2v) is 9.62. The summed E-state index contributed by atoms with van der Waals surface area (Å²) in [6, 6.07) is 8.52. The number of aromatic nitrogens is 1. The lowest BCUT2D eigenvalue weighted by Gasteiger charge is -2.38. The van der Waals surface area contributed by atoms with E-state index in [1.165, 1.54) is 17.3 Å². The molecule has 2 aromatic rings. The summed E-state index contributed by atoms with van der Waals surface area (Å²) in [6.45, 7) is 12.4. The van der Waals surface area contributed by atoms with E-state index in [0.29, 0.717) is 5.76 Å². The zero-order valence-electron chi connectivity index (χ0n) is 17.7. The number of hydrogen-bond donors (Lipinski definition) is 2. The van der Waals surface area contributed by atoms with Gasteiger partial charge in [-0.3, -0.25) is 0 Å². The topological polar surface area (TPSA) is 96.9 Å². The molecule has 4 N–H and O–H groups in total. The second kappa shape index (κ2) is 6.90. The van der Waals surface area contributed by atoms with Crippen LogP contribution in [0.3, 0.4) is 0 Å². The third-order valence-corrected chi connectivity index (χ3v) is 6.36. The number of amidine groups is 1. The number of rotatable bonds is 2. The molecular formula is C21H28N6OS. The van der Waals surface area contributed by atoms with Crippen LogP contribution in [-0.2, 0) is 5.41 Å². The average Bonchev–Trinajstić information content (AvgIpc) is 3.12. The van der Waals surface area contributed by atoms with Gasteiger partial charge in [0.2, 0.25) is 0 Å². The predicted octanol–water partition coefficient (Wildman–Crippen LogP) is 3.78. The summed E-state index contributed by atoms with van der Waals surface area (Å²) < 4.78 is 5.38. The van der Waals surface area contributed by atoms with Gasteiger partial charge in [-0.25, -0.2) is 4.99 Å². The first-order valence-corrected chi connectivity index (χ1v) is 10.6. The van der Waals surface area contributed by atoms with Crippen molar-refractivity contribution in [2.75, 3.05) is 9.80 Å². The van der Waals surface area contributed by atoms with Crippen LogP contribution in [0.15, 0.2) is 44.5 Å². The molecule has 0 fully saturated rings. The van der Waals surface area contributed by atoms with E-state index in [9.17, 15) is 0 Å². The monoisotopic (exact) mass is 412 g/mol. The Bertz CT molecular complexity index is 982. The molecule has 2 aliphatic heterocycles. The van der Waals surface area contributed by atoms with E-state index in [-0.39, 0.29) is 10.9 Å². The fourth-order valence-electron chi connectivity index (χ4n) is 3.88. The summed E-state index contributed by atoms with van der Waals surface area (Å²) in [5, 5.41) is 4.94. The Hall–Kier alpha value is -2.29. The molecule has 29 heavy (non-hydrogen) atoms. The summed E-state index contributed by atoms with van der Waals surface area (Å²) >= 11 is 1.50. The van der Waals surface area contributed by atoms with Crippen molar-refractivity contribution >= 4 is 29.0 Å². The molecule has 1 aromatic carbocycles. The minimum absolute atomic E-state index is 0.0936. The number of aliphatic imine (C=N–C) groups is 1. The van der Waals surface area contributed by atoms with Crippen LogP contribution in [-0.4, -0.2) is 22.7 Å². The van der Waals surface area contributed by atoms with Crippen LogP contribution in [0.2, 0.25) is 0 Å². The van der Waals surface area contributed by atoms with Crippen molar-refractivity contribution in [1.29, 1.82) is 0 Å². The minimum atomic E-state index is -0.419. The van der Waals surface area contributed by atoms with Crippen molar-refractivity contribution in [2.45, 2.75) is 58.6 Å². The molecule has 2 atom stereocenters. The standard InChI is InChI=1S/C21H28N6OS/c1-11-16(12(2)28-25-11)27-17-18(22)26(13(3)24-19(17)29-20(27)23)15-9-7-14(8-10-15)21(4,5)6/h7-10,18,20H,22-23H2,1-6H3. The highest BCUT2D eigenvalue weighted by Gasteiger charge is 2.42. The molecule has 0 saturated carbocycles. The molecule has 7 nitrogen and oxygen atoms in total. The Morgan fingerprint density at radius 1 is 1.03 bits per heavy atom. The summed E-state index contributed by atoms with van der Waals surface area (Å²) in [6.07, 6.45) is -0.419. The smallest absolute Gasteiger partial charge is 0.157 e. The highest BCUT2D eigenvalue weighted by Crippen LogP contribution is 2.45. The van der Waals surface area contributed by atoms with Gasteiger partial charge in [0.15, 0.2) is 5.76 Å². The quantitative estimate of drug-likeness (QED) is 0.775. The van der Waals surface area contributed by atoms with Crippen LogP contribution in [0.5, 0.6) is 0 Å². The molecule has 1 aromatic heterocycles. The molecule has 0 amide bonds. The van der Waals surface area contributed by atoms with Gasteiger partial charge in [0, 0.05) is 5.69 Å². The molecule has 8 heteroatoms. The van der Waals surface area contributed by atoms with Crippen molar-refractivity contribution in [3.63, 3.8) is 0 Å². The van der Waals surface area contributed by atoms with Gasteiger partial charge in [-0.05, 0) is 43.9 Å². The van der Waals surface area contributed by atoms with E-state index in [1.807, 2.05) is 25.7 Å². The van der Waals surface area contributed by atoms with Gasteiger partial charge < -0.3 is 25.8 Å². The number of hydrogen-bond acceptors (Lipinski definition) is 8. The summed E-state index contributed by atoms with van der Waals surface area (Å²) in [5.74, 6) is 1.56. The molecular weight excluding hydrogens is 384 g/mol. The molecule has 154 valence electrons. The Labute approximate surface area is 175 Å². The van der Waals surface area contributed by atoms with Crippen LogP contribution in [0, 0.1) is 13.8 Å². The molecule has 0 bridgehead atoms. The SMILES string of the molecule is CC1=NC2=C(C(N)N1c1ccc(C(C)(C)C)cc1)N(c1c(C)noc1C)C(N)S2. The molecule has 0 radical (unpaired) electrons. The van der Waals surface area contributed by atoms with Gasteiger partial charge >= 0.3 is 0 Å². The maximum atomic E-state index is 6.79. The molecule has 0 saturated heterocycles. The van der Waals surface area contributed by atoms with Crippen LogP contribution < -0.4 is 21.3 Å². The Morgan fingerprint density at radius 3 is 2.24 bits per heavy atom. The number of benzene rings is 1. The Kier molecular flexibility index (Phi) is 4.76. The zero-order chi connectivity index (χ0) is 21.1. The second-order valence-electron chi connectivity index (χ2n) is 8.51. The number of thioether (sulfide) groups is 1. The largest absolute Gasteiger partial charge is 0.359 e. The maximum Gasteiger partial charge on any atom is 0.157 e. The van der Waals surface area contributed by atoms with Gasteiger partial charge in [0.05, 0.1) is 5.70 Å². The first-order chi connectivity index (χ1) is 13.6. The van der Waals surface area contributed by atoms with E-state index in [1.54, 1.807) is 0 Å².